The molecule has 41 heavy (non-hydrogen) atoms. The number of carbonyl (C=O) groups excluding carboxylic acids is 2. The van der Waals surface area contributed by atoms with Crippen molar-refractivity contribution in [3.8, 4) is 17.0 Å². The van der Waals surface area contributed by atoms with Gasteiger partial charge in [-0.15, -0.1) is 0 Å². The molecule has 1 saturated carbocycles. The third kappa shape index (κ3) is 6.26. The Labute approximate surface area is 241 Å². The summed E-state index contributed by atoms with van der Waals surface area (Å²) in [6.45, 7) is 3.86. The lowest BCUT2D eigenvalue weighted by Crippen LogP contribution is -2.40. The number of piperidine rings is 1. The Bertz CT molecular complexity index is 1420. The lowest BCUT2D eigenvalue weighted by atomic mass is 9.81. The van der Waals surface area contributed by atoms with Gasteiger partial charge in [0, 0.05) is 45.4 Å². The Morgan fingerprint density at radius 2 is 1.71 bits per heavy atom. The summed E-state index contributed by atoms with van der Waals surface area (Å²) in [5.41, 5.74) is 4.18. The first-order valence-electron chi connectivity index (χ1n) is 14.8. The fourth-order valence-electron chi connectivity index (χ4n) is 6.48. The largest absolute Gasteiger partial charge is 0.493 e. The number of aromatic nitrogens is 1. The molecule has 0 bridgehead atoms. The number of nitrogens with zero attached hydrogens (tertiary/aromatic N) is 3. The van der Waals surface area contributed by atoms with Gasteiger partial charge in [-0.1, -0.05) is 25.3 Å². The molecule has 1 N–H and O–H groups in total. The fraction of sp³-hybridized carbons (Fsp3) is 0.485. The van der Waals surface area contributed by atoms with Gasteiger partial charge in [0.15, 0.2) is 0 Å². The standard InChI is InChI=1S/C33H41N3O5/c1-22(37)35-17-7-8-23(19-35)21-41-27-14-11-25(12-15-27)32-31(24-9-5-4-6-10-24)28-16-13-26(33(39)40)18-29(28)36(32)20-30(38)34(2)3/h11-16,18,23-24H,4-10,17,19-21H2,1-3H3,(H,39,40). The molecule has 2 aromatic carbocycles. The summed E-state index contributed by atoms with van der Waals surface area (Å²) in [7, 11) is 3.49. The van der Waals surface area contributed by atoms with Crippen LogP contribution in [0.5, 0.6) is 5.75 Å². The smallest absolute Gasteiger partial charge is 0.335 e. The highest BCUT2D eigenvalue weighted by molar-refractivity contribution is 5.99. The van der Waals surface area contributed by atoms with E-state index in [1.165, 1.54) is 12.0 Å². The molecule has 0 spiro atoms. The van der Waals surface area contributed by atoms with Gasteiger partial charge in [-0.3, -0.25) is 9.59 Å². The van der Waals surface area contributed by atoms with E-state index in [1.807, 2.05) is 39.8 Å². The van der Waals surface area contributed by atoms with Crippen LogP contribution >= 0.6 is 0 Å². The number of carboxylic acids is 1. The summed E-state index contributed by atoms with van der Waals surface area (Å²) in [6.07, 6.45) is 7.75. The average Bonchev–Trinajstić information content (AvgIpc) is 3.30. The van der Waals surface area contributed by atoms with Crippen molar-refractivity contribution in [3.05, 3.63) is 53.6 Å². The summed E-state index contributed by atoms with van der Waals surface area (Å²) in [4.78, 5) is 40.2. The second kappa shape index (κ2) is 12.4. The predicted molar refractivity (Wildman–Crippen MR) is 159 cm³/mol. The Morgan fingerprint density at radius 1 is 0.976 bits per heavy atom. The van der Waals surface area contributed by atoms with Gasteiger partial charge in [0.25, 0.3) is 0 Å². The number of hydrogen-bond acceptors (Lipinski definition) is 4. The van der Waals surface area contributed by atoms with Crippen molar-refractivity contribution < 1.29 is 24.2 Å². The number of carboxylic acid groups (broad SMARTS) is 1. The Hall–Kier alpha value is -3.81. The molecule has 1 unspecified atom stereocenters. The van der Waals surface area contributed by atoms with Crippen LogP contribution in [-0.2, 0) is 16.1 Å². The number of benzene rings is 2. The Balaban J connectivity index is 1.52. The maximum atomic E-state index is 13.0. The predicted octanol–water partition coefficient (Wildman–Crippen LogP) is 5.78. The zero-order valence-corrected chi connectivity index (χ0v) is 24.4. The van der Waals surface area contributed by atoms with Crippen molar-refractivity contribution in [1.29, 1.82) is 0 Å². The van der Waals surface area contributed by atoms with Gasteiger partial charge in [0.05, 0.1) is 23.4 Å². The SMILES string of the molecule is CC(=O)N1CCCC(COc2ccc(-c3c(C4CCCCC4)c4ccc(C(=O)O)cc4n3CC(=O)N(C)C)cc2)C1. The lowest BCUT2D eigenvalue weighted by molar-refractivity contribution is -0.131. The minimum absolute atomic E-state index is 0.0499. The zero-order valence-electron chi connectivity index (χ0n) is 24.4. The molecule has 8 heteroatoms. The lowest BCUT2D eigenvalue weighted by Gasteiger charge is -2.31. The summed E-state index contributed by atoms with van der Waals surface area (Å²) in [5.74, 6) is 0.517. The van der Waals surface area contributed by atoms with Crippen molar-refractivity contribution >= 4 is 28.7 Å². The van der Waals surface area contributed by atoms with Gasteiger partial charge in [-0.2, -0.15) is 0 Å². The minimum atomic E-state index is -0.981. The van der Waals surface area contributed by atoms with E-state index in [0.717, 1.165) is 79.5 Å². The normalized spacial score (nSPS) is 17.9. The van der Waals surface area contributed by atoms with Gasteiger partial charge in [0.2, 0.25) is 11.8 Å². The quantitative estimate of drug-likeness (QED) is 0.378. The molecule has 1 saturated heterocycles. The van der Waals surface area contributed by atoms with Crippen molar-refractivity contribution in [2.24, 2.45) is 5.92 Å². The molecule has 2 amide bonds. The average molecular weight is 560 g/mol. The summed E-state index contributed by atoms with van der Waals surface area (Å²) in [5, 5.41) is 10.8. The van der Waals surface area contributed by atoms with Gasteiger partial charge >= 0.3 is 5.97 Å². The van der Waals surface area contributed by atoms with Crippen molar-refractivity contribution in [1.82, 2.24) is 14.4 Å². The van der Waals surface area contributed by atoms with E-state index < -0.39 is 5.97 Å². The van der Waals surface area contributed by atoms with Crippen LogP contribution in [0.3, 0.4) is 0 Å². The van der Waals surface area contributed by atoms with Crippen LogP contribution in [0.4, 0.5) is 0 Å². The van der Waals surface area contributed by atoms with Gasteiger partial charge < -0.3 is 24.2 Å². The molecule has 1 aliphatic carbocycles. The van der Waals surface area contributed by atoms with Crippen LogP contribution in [0.2, 0.25) is 0 Å². The molecule has 1 atom stereocenters. The number of aromatic carboxylic acids is 1. The van der Waals surface area contributed by atoms with E-state index in [1.54, 1.807) is 38.1 Å². The topological polar surface area (TPSA) is 92.1 Å². The molecule has 8 nitrogen and oxygen atoms in total. The molecule has 2 fully saturated rings. The summed E-state index contributed by atoms with van der Waals surface area (Å²) >= 11 is 0. The number of hydrogen-bond donors (Lipinski definition) is 1. The number of amides is 2. The number of carbonyl (C=O) groups is 3. The maximum absolute atomic E-state index is 13.0. The third-order valence-corrected chi connectivity index (χ3v) is 8.73. The van der Waals surface area contributed by atoms with Crippen LogP contribution in [0.25, 0.3) is 22.2 Å². The molecular formula is C33H41N3O5. The minimum Gasteiger partial charge on any atom is -0.493 e. The first-order chi connectivity index (χ1) is 19.7. The number of fused-ring (bicyclic) bond motifs is 1. The number of likely N-dealkylation sites (tertiary alicyclic amines) is 1. The van der Waals surface area contributed by atoms with Gasteiger partial charge in [0.1, 0.15) is 12.3 Å². The first-order valence-corrected chi connectivity index (χ1v) is 14.8. The molecule has 2 aliphatic rings. The first kappa shape index (κ1) is 28.7. The van der Waals surface area contributed by atoms with Crippen LogP contribution in [-0.4, -0.2) is 71.0 Å². The zero-order chi connectivity index (χ0) is 29.1. The van der Waals surface area contributed by atoms with Gasteiger partial charge in [-0.25, -0.2) is 4.79 Å². The molecule has 3 aromatic rings. The number of rotatable bonds is 8. The third-order valence-electron chi connectivity index (χ3n) is 8.73. The van der Waals surface area contributed by atoms with E-state index in [-0.39, 0.29) is 23.9 Å². The fourth-order valence-corrected chi connectivity index (χ4v) is 6.48. The second-order valence-corrected chi connectivity index (χ2v) is 11.8. The van der Waals surface area contributed by atoms with E-state index in [4.69, 9.17) is 4.74 Å². The Kier molecular flexibility index (Phi) is 8.66. The molecule has 1 aliphatic heterocycles. The molecule has 1 aromatic heterocycles. The van der Waals surface area contributed by atoms with E-state index in [2.05, 4.69) is 0 Å². The molecule has 2 heterocycles. The van der Waals surface area contributed by atoms with E-state index in [9.17, 15) is 19.5 Å². The van der Waals surface area contributed by atoms with E-state index in [0.29, 0.717) is 18.4 Å². The van der Waals surface area contributed by atoms with Crippen molar-refractivity contribution in [2.45, 2.75) is 64.3 Å². The van der Waals surface area contributed by atoms with Crippen molar-refractivity contribution in [2.75, 3.05) is 33.8 Å². The molecule has 218 valence electrons. The highest BCUT2D eigenvalue weighted by atomic mass is 16.5. The summed E-state index contributed by atoms with van der Waals surface area (Å²) in [6, 6.07) is 13.4. The van der Waals surface area contributed by atoms with Crippen LogP contribution in [0, 0.1) is 5.92 Å². The molecule has 5 rings (SSSR count). The number of ether oxygens (including phenoxy) is 1. The van der Waals surface area contributed by atoms with Crippen LogP contribution < -0.4 is 4.74 Å². The maximum Gasteiger partial charge on any atom is 0.335 e. The molecule has 0 radical (unpaired) electrons. The summed E-state index contributed by atoms with van der Waals surface area (Å²) < 4.78 is 8.18. The highest BCUT2D eigenvalue weighted by Crippen LogP contribution is 2.44. The highest BCUT2D eigenvalue weighted by Gasteiger charge is 2.28. The molecular weight excluding hydrogens is 518 g/mol. The van der Waals surface area contributed by atoms with Crippen molar-refractivity contribution in [3.63, 3.8) is 0 Å². The van der Waals surface area contributed by atoms with Crippen LogP contribution in [0.1, 0.15) is 73.7 Å². The number of likely N-dealkylation sites (N-methyl/N-ethyl adjacent to an activating group) is 1. The second-order valence-electron chi connectivity index (χ2n) is 11.8. The van der Waals surface area contributed by atoms with E-state index >= 15 is 0 Å². The van der Waals surface area contributed by atoms with Crippen LogP contribution in [0.15, 0.2) is 42.5 Å². The van der Waals surface area contributed by atoms with Gasteiger partial charge in [-0.05, 0) is 79.1 Å². The monoisotopic (exact) mass is 559 g/mol. The Morgan fingerprint density at radius 3 is 2.37 bits per heavy atom.